The summed E-state index contributed by atoms with van der Waals surface area (Å²) in [6, 6.07) is 11.5. The molecule has 0 saturated carbocycles. The number of imidazole rings is 1. The zero-order valence-electron chi connectivity index (χ0n) is 15.7. The minimum absolute atomic E-state index is 0.0180. The maximum absolute atomic E-state index is 12.9. The van der Waals surface area contributed by atoms with E-state index in [-0.39, 0.29) is 22.0 Å². The molecule has 2 aromatic carbocycles. The minimum Gasteiger partial charge on any atom is -0.497 e. The SMILES string of the molecule is COc1ccc(S(=O)(=O)Nc2ccccc2C(=O)OCc2nccn2C(F)F)cc1. The lowest BCUT2D eigenvalue weighted by molar-refractivity contribution is 0.0377. The molecule has 0 radical (unpaired) electrons. The largest absolute Gasteiger partial charge is 0.497 e. The highest BCUT2D eigenvalue weighted by Crippen LogP contribution is 2.23. The Labute approximate surface area is 171 Å². The lowest BCUT2D eigenvalue weighted by atomic mass is 10.2. The van der Waals surface area contributed by atoms with E-state index in [2.05, 4.69) is 9.71 Å². The molecule has 0 bridgehead atoms. The number of nitrogens with zero attached hydrogens (tertiary/aromatic N) is 2. The van der Waals surface area contributed by atoms with Gasteiger partial charge < -0.3 is 9.47 Å². The van der Waals surface area contributed by atoms with Crippen LogP contribution in [0.4, 0.5) is 14.5 Å². The maximum Gasteiger partial charge on any atom is 0.340 e. The summed E-state index contributed by atoms with van der Waals surface area (Å²) in [6.45, 7) is -3.33. The van der Waals surface area contributed by atoms with Gasteiger partial charge in [0.2, 0.25) is 0 Å². The number of carbonyl (C=O) groups excluding carboxylic acids is 1. The van der Waals surface area contributed by atoms with Gasteiger partial charge in [-0.2, -0.15) is 8.78 Å². The second-order valence-electron chi connectivity index (χ2n) is 5.93. The van der Waals surface area contributed by atoms with Crippen molar-refractivity contribution < 1.29 is 31.5 Å². The normalized spacial score (nSPS) is 11.3. The van der Waals surface area contributed by atoms with Crippen LogP contribution in [0.2, 0.25) is 0 Å². The van der Waals surface area contributed by atoms with Crippen molar-refractivity contribution in [3.05, 3.63) is 72.3 Å². The van der Waals surface area contributed by atoms with Gasteiger partial charge >= 0.3 is 12.5 Å². The van der Waals surface area contributed by atoms with E-state index < -0.39 is 29.1 Å². The number of halogens is 2. The van der Waals surface area contributed by atoms with E-state index in [4.69, 9.17) is 9.47 Å². The van der Waals surface area contributed by atoms with E-state index >= 15 is 0 Å². The van der Waals surface area contributed by atoms with Gasteiger partial charge in [-0.15, -0.1) is 0 Å². The van der Waals surface area contributed by atoms with Crippen LogP contribution in [0, 0.1) is 0 Å². The highest BCUT2D eigenvalue weighted by atomic mass is 32.2. The molecule has 1 N–H and O–H groups in total. The third-order valence-corrected chi connectivity index (χ3v) is 5.43. The molecule has 0 aliphatic rings. The van der Waals surface area contributed by atoms with Crippen LogP contribution in [0.1, 0.15) is 22.7 Å². The molecule has 158 valence electrons. The second kappa shape index (κ2) is 8.91. The second-order valence-corrected chi connectivity index (χ2v) is 7.61. The zero-order chi connectivity index (χ0) is 21.7. The summed E-state index contributed by atoms with van der Waals surface area (Å²) in [6.07, 6.45) is 2.22. The number of aromatic nitrogens is 2. The average molecular weight is 437 g/mol. The van der Waals surface area contributed by atoms with Gasteiger partial charge in [0.05, 0.1) is 23.3 Å². The molecule has 0 atom stereocenters. The number of alkyl halides is 2. The van der Waals surface area contributed by atoms with Crippen molar-refractivity contribution >= 4 is 21.7 Å². The summed E-state index contributed by atoms with van der Waals surface area (Å²) >= 11 is 0. The fourth-order valence-corrected chi connectivity index (χ4v) is 3.63. The number of anilines is 1. The van der Waals surface area contributed by atoms with Crippen LogP contribution in [0.25, 0.3) is 0 Å². The Hall–Kier alpha value is -3.47. The number of benzene rings is 2. The number of nitrogens with one attached hydrogen (secondary N) is 1. The van der Waals surface area contributed by atoms with Crippen molar-refractivity contribution in [2.75, 3.05) is 11.8 Å². The topological polar surface area (TPSA) is 99.5 Å². The molecule has 0 saturated heterocycles. The number of methoxy groups -OCH3 is 1. The molecule has 0 amide bonds. The summed E-state index contributed by atoms with van der Waals surface area (Å²) in [4.78, 5) is 16.1. The predicted molar refractivity (Wildman–Crippen MR) is 103 cm³/mol. The van der Waals surface area contributed by atoms with E-state index in [9.17, 15) is 22.0 Å². The Bertz CT molecular complexity index is 1130. The summed E-state index contributed by atoms with van der Waals surface area (Å²) in [5.74, 6) is -0.554. The third kappa shape index (κ3) is 4.74. The fourth-order valence-electron chi connectivity index (χ4n) is 2.55. The Morgan fingerprint density at radius 1 is 1.17 bits per heavy atom. The Morgan fingerprint density at radius 2 is 1.87 bits per heavy atom. The first-order valence-corrected chi connectivity index (χ1v) is 10.0. The first-order chi connectivity index (χ1) is 14.3. The first-order valence-electron chi connectivity index (χ1n) is 8.54. The van der Waals surface area contributed by atoms with Crippen LogP contribution >= 0.6 is 0 Å². The molecule has 3 rings (SSSR count). The number of sulfonamides is 1. The molecule has 11 heteroatoms. The van der Waals surface area contributed by atoms with Crippen LogP contribution in [-0.4, -0.2) is 31.0 Å². The number of para-hydroxylation sites is 1. The van der Waals surface area contributed by atoms with Crippen molar-refractivity contribution in [1.29, 1.82) is 0 Å². The van der Waals surface area contributed by atoms with Crippen molar-refractivity contribution in [3.63, 3.8) is 0 Å². The maximum atomic E-state index is 12.9. The van der Waals surface area contributed by atoms with Crippen LogP contribution < -0.4 is 9.46 Å². The summed E-state index contributed by atoms with van der Waals surface area (Å²) < 4.78 is 64.0. The van der Waals surface area contributed by atoms with Gasteiger partial charge in [0.25, 0.3) is 10.0 Å². The molecular formula is C19H17F2N3O5S. The molecule has 0 spiro atoms. The number of carbonyl (C=O) groups is 1. The number of ether oxygens (including phenoxy) is 2. The van der Waals surface area contributed by atoms with Crippen LogP contribution in [0.3, 0.4) is 0 Å². The number of esters is 1. The Kier molecular flexibility index (Phi) is 6.31. The van der Waals surface area contributed by atoms with E-state index in [0.717, 1.165) is 12.4 Å². The molecule has 0 unspecified atom stereocenters. The van der Waals surface area contributed by atoms with Gasteiger partial charge in [-0.25, -0.2) is 18.2 Å². The molecule has 0 fully saturated rings. The quantitative estimate of drug-likeness (QED) is 0.542. The molecule has 3 aromatic rings. The monoisotopic (exact) mass is 437 g/mol. The number of rotatable bonds is 8. The molecular weight excluding hydrogens is 420 g/mol. The summed E-state index contributed by atoms with van der Waals surface area (Å²) in [5, 5.41) is 0. The van der Waals surface area contributed by atoms with E-state index in [1.54, 1.807) is 0 Å². The molecule has 0 aliphatic heterocycles. The fraction of sp³-hybridized carbons (Fsp3) is 0.158. The third-order valence-electron chi connectivity index (χ3n) is 4.05. The van der Waals surface area contributed by atoms with Crippen molar-refractivity contribution in [2.24, 2.45) is 0 Å². The van der Waals surface area contributed by atoms with Gasteiger partial charge in [0.15, 0.2) is 5.82 Å². The van der Waals surface area contributed by atoms with Crippen LogP contribution in [-0.2, 0) is 21.4 Å². The lowest BCUT2D eigenvalue weighted by Crippen LogP contribution is -2.17. The molecule has 30 heavy (non-hydrogen) atoms. The van der Waals surface area contributed by atoms with Crippen LogP contribution in [0.5, 0.6) is 5.75 Å². The molecule has 8 nitrogen and oxygen atoms in total. The van der Waals surface area contributed by atoms with Gasteiger partial charge in [-0.3, -0.25) is 9.29 Å². The predicted octanol–water partition coefficient (Wildman–Crippen LogP) is 3.44. The van der Waals surface area contributed by atoms with Crippen molar-refractivity contribution in [2.45, 2.75) is 18.1 Å². The first kappa shape index (κ1) is 21.2. The van der Waals surface area contributed by atoms with E-state index in [1.165, 1.54) is 55.6 Å². The highest BCUT2D eigenvalue weighted by Gasteiger charge is 2.20. The summed E-state index contributed by atoms with van der Waals surface area (Å²) in [7, 11) is -2.54. The van der Waals surface area contributed by atoms with Gasteiger partial charge in [0, 0.05) is 12.4 Å². The van der Waals surface area contributed by atoms with Gasteiger partial charge in [0.1, 0.15) is 12.4 Å². The van der Waals surface area contributed by atoms with E-state index in [0.29, 0.717) is 10.3 Å². The van der Waals surface area contributed by atoms with Gasteiger partial charge in [-0.05, 0) is 36.4 Å². The van der Waals surface area contributed by atoms with Gasteiger partial charge in [-0.1, -0.05) is 12.1 Å². The van der Waals surface area contributed by atoms with E-state index in [1.807, 2.05) is 0 Å². The summed E-state index contributed by atoms with van der Waals surface area (Å²) in [5.41, 5.74) is -0.0970. The standard InChI is InChI=1S/C19H17F2N3O5S/c1-28-13-6-8-14(9-7-13)30(26,27)23-16-5-3-2-4-15(16)18(25)29-12-17-22-10-11-24(17)19(20)21/h2-11,19,23H,12H2,1H3. The molecule has 0 aliphatic carbocycles. The Balaban J connectivity index is 1.77. The van der Waals surface area contributed by atoms with Crippen molar-refractivity contribution in [3.8, 4) is 5.75 Å². The van der Waals surface area contributed by atoms with Crippen molar-refractivity contribution in [1.82, 2.24) is 9.55 Å². The number of hydrogen-bond donors (Lipinski definition) is 1. The lowest BCUT2D eigenvalue weighted by Gasteiger charge is -2.13. The molecule has 1 heterocycles. The minimum atomic E-state index is -4.00. The molecule has 1 aromatic heterocycles. The Morgan fingerprint density at radius 3 is 2.53 bits per heavy atom. The zero-order valence-corrected chi connectivity index (χ0v) is 16.5. The smallest absolute Gasteiger partial charge is 0.340 e. The highest BCUT2D eigenvalue weighted by molar-refractivity contribution is 7.92. The number of hydrogen-bond acceptors (Lipinski definition) is 6. The van der Waals surface area contributed by atoms with Crippen LogP contribution in [0.15, 0.2) is 65.8 Å². The average Bonchev–Trinajstić information content (AvgIpc) is 3.21.